The second kappa shape index (κ2) is 3.61. The second-order valence-corrected chi connectivity index (χ2v) is 8.53. The molecule has 4 aliphatic rings. The average Bonchev–Trinajstić information content (AvgIpc) is 2.77. The van der Waals surface area contributed by atoms with Gasteiger partial charge in [-0.25, -0.2) is 0 Å². The van der Waals surface area contributed by atoms with Crippen LogP contribution in [0.15, 0.2) is 17.5 Å². The largest absolute Gasteiger partial charge is 0.387 e. The Morgan fingerprint density at radius 1 is 1.28 bits per heavy atom. The minimum Gasteiger partial charge on any atom is -0.387 e. The van der Waals surface area contributed by atoms with Crippen LogP contribution in [-0.2, 0) is 0 Å². The highest BCUT2D eigenvalue weighted by Crippen LogP contribution is 2.68. The number of hydrogen-bond donors (Lipinski definition) is 1. The zero-order chi connectivity index (χ0) is 12.4. The van der Waals surface area contributed by atoms with Gasteiger partial charge in [0.1, 0.15) is 0 Å². The third-order valence-electron chi connectivity index (χ3n) is 5.79. The molecule has 4 aliphatic carbocycles. The first kappa shape index (κ1) is 11.5. The summed E-state index contributed by atoms with van der Waals surface area (Å²) in [6, 6.07) is 4.20. The number of aliphatic hydroxyl groups excluding tert-OH is 1. The van der Waals surface area contributed by atoms with Crippen LogP contribution >= 0.6 is 11.3 Å². The van der Waals surface area contributed by atoms with Crippen LogP contribution < -0.4 is 0 Å². The summed E-state index contributed by atoms with van der Waals surface area (Å²) in [7, 11) is 0. The Morgan fingerprint density at radius 3 is 2.56 bits per heavy atom. The van der Waals surface area contributed by atoms with Crippen molar-refractivity contribution in [1.29, 1.82) is 0 Å². The summed E-state index contributed by atoms with van der Waals surface area (Å²) in [5.74, 6) is 1.79. The summed E-state index contributed by atoms with van der Waals surface area (Å²) in [5, 5.41) is 13.0. The van der Waals surface area contributed by atoms with Crippen LogP contribution in [0.5, 0.6) is 0 Å². The summed E-state index contributed by atoms with van der Waals surface area (Å²) in [4.78, 5) is 1.19. The number of hydrogen-bond acceptors (Lipinski definition) is 2. The smallest absolute Gasteiger partial charge is 0.0938 e. The molecule has 4 bridgehead atoms. The molecule has 0 amide bonds. The van der Waals surface area contributed by atoms with Crippen LogP contribution in [0.4, 0.5) is 0 Å². The summed E-state index contributed by atoms with van der Waals surface area (Å²) in [5.41, 5.74) is 0.742. The molecule has 1 aromatic heterocycles. The van der Waals surface area contributed by atoms with Crippen LogP contribution in [0.1, 0.15) is 56.4 Å². The molecule has 5 rings (SSSR count). The molecule has 0 aliphatic heterocycles. The van der Waals surface area contributed by atoms with E-state index in [0.717, 1.165) is 11.8 Å². The number of thiophene rings is 1. The molecular weight excluding hydrogens is 240 g/mol. The van der Waals surface area contributed by atoms with E-state index in [9.17, 15) is 5.11 Å². The molecule has 1 heterocycles. The van der Waals surface area contributed by atoms with E-state index < -0.39 is 0 Å². The molecule has 0 radical (unpaired) electrons. The molecule has 3 unspecified atom stereocenters. The van der Waals surface area contributed by atoms with Gasteiger partial charge in [0.15, 0.2) is 0 Å². The van der Waals surface area contributed by atoms with E-state index in [0.29, 0.717) is 5.41 Å². The van der Waals surface area contributed by atoms with Gasteiger partial charge in [0.25, 0.3) is 0 Å². The first-order valence-electron chi connectivity index (χ1n) is 7.30. The Bertz CT molecular complexity index is 436. The Labute approximate surface area is 113 Å². The van der Waals surface area contributed by atoms with Crippen molar-refractivity contribution in [3.05, 3.63) is 22.4 Å². The molecule has 3 atom stereocenters. The van der Waals surface area contributed by atoms with E-state index in [-0.39, 0.29) is 11.5 Å². The van der Waals surface area contributed by atoms with Crippen LogP contribution in [0.2, 0.25) is 0 Å². The molecule has 2 heteroatoms. The van der Waals surface area contributed by atoms with Crippen molar-refractivity contribution in [3.63, 3.8) is 0 Å². The Balaban J connectivity index is 1.71. The molecule has 18 heavy (non-hydrogen) atoms. The van der Waals surface area contributed by atoms with E-state index in [2.05, 4.69) is 24.4 Å². The number of aliphatic hydroxyl groups is 1. The van der Waals surface area contributed by atoms with Gasteiger partial charge in [0.2, 0.25) is 0 Å². The predicted octanol–water partition coefficient (Wildman–Crippen LogP) is 4.39. The van der Waals surface area contributed by atoms with Crippen molar-refractivity contribution >= 4 is 11.3 Å². The van der Waals surface area contributed by atoms with Crippen molar-refractivity contribution in [2.75, 3.05) is 0 Å². The van der Waals surface area contributed by atoms with Crippen molar-refractivity contribution in [3.8, 4) is 0 Å². The van der Waals surface area contributed by atoms with E-state index in [1.165, 1.54) is 43.4 Å². The minimum absolute atomic E-state index is 0.206. The van der Waals surface area contributed by atoms with E-state index in [4.69, 9.17) is 0 Å². The maximum absolute atomic E-state index is 10.9. The van der Waals surface area contributed by atoms with Crippen LogP contribution in [-0.4, -0.2) is 5.11 Å². The fourth-order valence-electron chi connectivity index (χ4n) is 5.87. The highest BCUT2D eigenvalue weighted by atomic mass is 32.1. The lowest BCUT2D eigenvalue weighted by atomic mass is 9.43. The average molecular weight is 262 g/mol. The van der Waals surface area contributed by atoms with Gasteiger partial charge < -0.3 is 5.11 Å². The van der Waals surface area contributed by atoms with E-state index in [1.54, 1.807) is 11.3 Å². The van der Waals surface area contributed by atoms with Crippen LogP contribution in [0.3, 0.4) is 0 Å². The normalized spacial score (nSPS) is 47.4. The summed E-state index contributed by atoms with van der Waals surface area (Å²) < 4.78 is 0. The molecule has 0 aromatic carbocycles. The molecule has 98 valence electrons. The lowest BCUT2D eigenvalue weighted by molar-refractivity contribution is -0.154. The molecule has 1 N–H and O–H groups in total. The van der Waals surface area contributed by atoms with Gasteiger partial charge in [-0.2, -0.15) is 0 Å². The standard InChI is InChI=1S/C16H22OS/c1-15-6-11-5-12(7-15)9-16(8-11,10-15)14(17)13-3-2-4-18-13/h2-4,11-12,14,17H,5-10H2,1H3. The first-order chi connectivity index (χ1) is 8.59. The predicted molar refractivity (Wildman–Crippen MR) is 74.5 cm³/mol. The van der Waals surface area contributed by atoms with Crippen molar-refractivity contribution in [2.45, 2.75) is 51.6 Å². The van der Waals surface area contributed by atoms with E-state index in [1.807, 2.05) is 0 Å². The van der Waals surface area contributed by atoms with Gasteiger partial charge in [0.05, 0.1) is 6.10 Å². The summed E-state index contributed by atoms with van der Waals surface area (Å²) >= 11 is 1.73. The maximum Gasteiger partial charge on any atom is 0.0938 e. The third kappa shape index (κ3) is 1.55. The lowest BCUT2D eigenvalue weighted by Gasteiger charge is -2.62. The zero-order valence-electron chi connectivity index (χ0n) is 11.1. The molecule has 4 saturated carbocycles. The minimum atomic E-state index is -0.206. The van der Waals surface area contributed by atoms with Gasteiger partial charge >= 0.3 is 0 Å². The molecule has 1 aromatic rings. The number of rotatable bonds is 2. The van der Waals surface area contributed by atoms with Gasteiger partial charge in [-0.3, -0.25) is 0 Å². The maximum atomic E-state index is 10.9. The Hall–Kier alpha value is -0.340. The van der Waals surface area contributed by atoms with Crippen molar-refractivity contribution < 1.29 is 5.11 Å². The molecule has 1 nitrogen and oxygen atoms in total. The third-order valence-corrected chi connectivity index (χ3v) is 6.72. The molecule has 0 spiro atoms. The summed E-state index contributed by atoms with van der Waals surface area (Å²) in [6.45, 7) is 2.47. The van der Waals surface area contributed by atoms with Gasteiger partial charge in [-0.15, -0.1) is 11.3 Å². The molecule has 0 saturated heterocycles. The van der Waals surface area contributed by atoms with Crippen LogP contribution in [0, 0.1) is 22.7 Å². The van der Waals surface area contributed by atoms with Gasteiger partial charge in [0, 0.05) is 10.3 Å². The lowest BCUT2D eigenvalue weighted by Crippen LogP contribution is -2.52. The fraction of sp³-hybridized carbons (Fsp3) is 0.750. The van der Waals surface area contributed by atoms with Gasteiger partial charge in [-0.05, 0) is 67.2 Å². The highest BCUT2D eigenvalue weighted by molar-refractivity contribution is 7.10. The Kier molecular flexibility index (Phi) is 2.30. The molecular formula is C16H22OS. The summed E-state index contributed by atoms with van der Waals surface area (Å²) in [6.07, 6.45) is 7.88. The SMILES string of the molecule is CC12CC3CC(C1)CC(C(O)c1cccs1)(C3)C2. The van der Waals surface area contributed by atoms with E-state index >= 15 is 0 Å². The molecule has 4 fully saturated rings. The topological polar surface area (TPSA) is 20.2 Å². The highest BCUT2D eigenvalue weighted by Gasteiger charge is 2.58. The monoisotopic (exact) mass is 262 g/mol. The van der Waals surface area contributed by atoms with Crippen molar-refractivity contribution in [2.24, 2.45) is 22.7 Å². The Morgan fingerprint density at radius 2 is 2.00 bits per heavy atom. The van der Waals surface area contributed by atoms with Crippen LogP contribution in [0.25, 0.3) is 0 Å². The quantitative estimate of drug-likeness (QED) is 0.838. The zero-order valence-corrected chi connectivity index (χ0v) is 11.9. The fourth-order valence-corrected chi connectivity index (χ4v) is 6.72. The first-order valence-corrected chi connectivity index (χ1v) is 8.18. The second-order valence-electron chi connectivity index (χ2n) is 7.55. The van der Waals surface area contributed by atoms with Gasteiger partial charge in [-0.1, -0.05) is 13.0 Å². The van der Waals surface area contributed by atoms with Crippen molar-refractivity contribution in [1.82, 2.24) is 0 Å².